The number of ether oxygens (including phenoxy) is 1. The number of nitrogens with zero attached hydrogens (tertiary/aromatic N) is 1. The molecule has 2 aromatic rings. The van der Waals surface area contributed by atoms with Gasteiger partial charge in [-0.3, -0.25) is 14.5 Å². The molecule has 0 spiro atoms. The van der Waals surface area contributed by atoms with Crippen molar-refractivity contribution >= 4 is 41.1 Å². The molecular weight excluding hydrogens is 386 g/mol. The van der Waals surface area contributed by atoms with E-state index in [0.717, 1.165) is 21.1 Å². The van der Waals surface area contributed by atoms with Crippen LogP contribution in [-0.4, -0.2) is 35.8 Å². The lowest BCUT2D eigenvalue weighted by molar-refractivity contribution is -0.143. The normalized spacial score (nSPS) is 13.7. The summed E-state index contributed by atoms with van der Waals surface area (Å²) in [4.78, 5) is 37.7. The number of hydrogen-bond acceptors (Lipinski definition) is 5. The molecule has 1 aliphatic rings. The van der Waals surface area contributed by atoms with Gasteiger partial charge < -0.3 is 4.74 Å². The molecule has 2 aromatic carbocycles. The average molecular weight is 404 g/mol. The number of carbonyl (C=O) groups excluding carboxylic acids is 3. The zero-order valence-corrected chi connectivity index (χ0v) is 16.1. The molecule has 0 saturated carbocycles. The summed E-state index contributed by atoms with van der Waals surface area (Å²) in [6, 6.07) is 14.7. The fourth-order valence-electron chi connectivity index (χ4n) is 2.63. The Balaban J connectivity index is 1.48. The highest BCUT2D eigenvalue weighted by Gasteiger charge is 2.27. The molecule has 1 saturated heterocycles. The SMILES string of the molecule is O=C(OCC(=O)N1CCCC1=O)c1ccc(CSc2ccc(Cl)cc2)cc1. The highest BCUT2D eigenvalue weighted by molar-refractivity contribution is 7.98. The number of esters is 1. The van der Waals surface area contributed by atoms with Crippen molar-refractivity contribution in [2.75, 3.05) is 13.2 Å². The fraction of sp³-hybridized carbons (Fsp3) is 0.250. The second-order valence-corrected chi connectivity index (χ2v) is 7.54. The van der Waals surface area contributed by atoms with E-state index in [9.17, 15) is 14.4 Å². The predicted molar refractivity (Wildman–Crippen MR) is 104 cm³/mol. The van der Waals surface area contributed by atoms with E-state index in [2.05, 4.69) is 0 Å². The third-order valence-corrected chi connectivity index (χ3v) is 5.45. The van der Waals surface area contributed by atoms with Gasteiger partial charge in [0.1, 0.15) is 0 Å². The number of halogens is 1. The van der Waals surface area contributed by atoms with Crippen LogP contribution in [0.25, 0.3) is 0 Å². The highest BCUT2D eigenvalue weighted by Crippen LogP contribution is 2.24. The van der Waals surface area contributed by atoms with Gasteiger partial charge in [-0.1, -0.05) is 23.7 Å². The molecule has 0 aliphatic carbocycles. The summed E-state index contributed by atoms with van der Waals surface area (Å²) in [6.45, 7) is -0.0199. The molecule has 0 bridgehead atoms. The van der Waals surface area contributed by atoms with Crippen LogP contribution in [0.4, 0.5) is 0 Å². The summed E-state index contributed by atoms with van der Waals surface area (Å²) in [5.41, 5.74) is 1.43. The Hall–Kier alpha value is -2.31. The Kier molecular flexibility index (Phi) is 6.53. The zero-order chi connectivity index (χ0) is 19.2. The molecule has 1 fully saturated rings. The van der Waals surface area contributed by atoms with E-state index >= 15 is 0 Å². The molecule has 0 aromatic heterocycles. The van der Waals surface area contributed by atoms with Gasteiger partial charge >= 0.3 is 5.97 Å². The van der Waals surface area contributed by atoms with Crippen molar-refractivity contribution in [3.05, 3.63) is 64.7 Å². The van der Waals surface area contributed by atoms with Gasteiger partial charge in [0.05, 0.1) is 5.56 Å². The van der Waals surface area contributed by atoms with Crippen LogP contribution in [-0.2, 0) is 20.1 Å². The standard InChI is InChI=1S/C20H18ClNO4S/c21-16-7-9-17(10-8-16)27-13-14-3-5-15(6-4-14)20(25)26-12-19(24)22-11-1-2-18(22)23/h3-10H,1-2,11-13H2. The van der Waals surface area contributed by atoms with Crippen LogP contribution in [0, 0.1) is 0 Å². The maximum Gasteiger partial charge on any atom is 0.338 e. The topological polar surface area (TPSA) is 63.7 Å². The molecule has 1 heterocycles. The molecule has 1 aliphatic heterocycles. The summed E-state index contributed by atoms with van der Waals surface area (Å²) in [6.07, 6.45) is 1.03. The summed E-state index contributed by atoms with van der Waals surface area (Å²) in [7, 11) is 0. The molecule has 2 amide bonds. The molecule has 0 atom stereocenters. The third-order valence-electron chi connectivity index (χ3n) is 4.11. The van der Waals surface area contributed by atoms with Crippen LogP contribution in [0.3, 0.4) is 0 Å². The van der Waals surface area contributed by atoms with E-state index in [4.69, 9.17) is 16.3 Å². The van der Waals surface area contributed by atoms with Crippen molar-refractivity contribution in [3.63, 3.8) is 0 Å². The van der Waals surface area contributed by atoms with E-state index in [0.29, 0.717) is 30.0 Å². The lowest BCUT2D eigenvalue weighted by Gasteiger charge is -2.13. The highest BCUT2D eigenvalue weighted by atomic mass is 35.5. The number of hydrogen-bond donors (Lipinski definition) is 0. The second kappa shape index (κ2) is 9.06. The largest absolute Gasteiger partial charge is 0.452 e. The van der Waals surface area contributed by atoms with E-state index in [1.165, 1.54) is 0 Å². The van der Waals surface area contributed by atoms with Crippen molar-refractivity contribution in [1.29, 1.82) is 0 Å². The molecule has 0 radical (unpaired) electrons. The van der Waals surface area contributed by atoms with Gasteiger partial charge in [0.25, 0.3) is 5.91 Å². The van der Waals surface area contributed by atoms with Crippen LogP contribution in [0.1, 0.15) is 28.8 Å². The second-order valence-electron chi connectivity index (χ2n) is 6.06. The molecule has 7 heteroatoms. The Labute approximate surface area is 166 Å². The first-order chi connectivity index (χ1) is 13.0. The molecule has 5 nitrogen and oxygen atoms in total. The van der Waals surface area contributed by atoms with Gasteiger partial charge in [0.15, 0.2) is 6.61 Å². The molecule has 140 valence electrons. The predicted octanol–water partition coefficient (Wildman–Crippen LogP) is 3.94. The van der Waals surface area contributed by atoms with Gasteiger partial charge in [-0.15, -0.1) is 11.8 Å². The van der Waals surface area contributed by atoms with Crippen LogP contribution < -0.4 is 0 Å². The minimum Gasteiger partial charge on any atom is -0.452 e. The molecule has 27 heavy (non-hydrogen) atoms. The van der Waals surface area contributed by atoms with Crippen molar-refractivity contribution in [1.82, 2.24) is 4.90 Å². The first-order valence-corrected chi connectivity index (χ1v) is 9.87. The van der Waals surface area contributed by atoms with E-state index in [1.807, 2.05) is 36.4 Å². The minimum absolute atomic E-state index is 0.210. The first kappa shape index (κ1) is 19.5. The summed E-state index contributed by atoms with van der Waals surface area (Å²) in [5, 5.41) is 0.704. The maximum absolute atomic E-state index is 12.1. The Morgan fingerprint density at radius 3 is 2.41 bits per heavy atom. The Bertz CT molecular complexity index is 836. The van der Waals surface area contributed by atoms with Gasteiger partial charge in [0.2, 0.25) is 5.91 Å². The van der Waals surface area contributed by atoms with Gasteiger partial charge in [-0.25, -0.2) is 4.79 Å². The van der Waals surface area contributed by atoms with E-state index < -0.39 is 18.5 Å². The number of likely N-dealkylation sites (tertiary alicyclic amines) is 1. The number of rotatable bonds is 6. The molecule has 0 N–H and O–H groups in total. The molecule has 0 unspecified atom stereocenters. The summed E-state index contributed by atoms with van der Waals surface area (Å²) >= 11 is 7.54. The quantitative estimate of drug-likeness (QED) is 0.540. The lowest BCUT2D eigenvalue weighted by atomic mass is 10.1. The van der Waals surface area contributed by atoms with Crippen LogP contribution in [0.15, 0.2) is 53.4 Å². The van der Waals surface area contributed by atoms with Crippen molar-refractivity contribution < 1.29 is 19.1 Å². The fourth-order valence-corrected chi connectivity index (χ4v) is 3.62. The van der Waals surface area contributed by atoms with Gasteiger partial charge in [-0.2, -0.15) is 0 Å². The first-order valence-electron chi connectivity index (χ1n) is 8.50. The van der Waals surface area contributed by atoms with Crippen molar-refractivity contribution in [2.45, 2.75) is 23.5 Å². The van der Waals surface area contributed by atoms with Crippen LogP contribution in [0.2, 0.25) is 5.02 Å². The number of carbonyl (C=O) groups is 3. The Morgan fingerprint density at radius 2 is 1.78 bits per heavy atom. The minimum atomic E-state index is -0.577. The maximum atomic E-state index is 12.1. The van der Waals surface area contributed by atoms with Crippen LogP contribution >= 0.6 is 23.4 Å². The van der Waals surface area contributed by atoms with E-state index in [-0.39, 0.29) is 5.91 Å². The number of imide groups is 1. The van der Waals surface area contributed by atoms with Crippen LogP contribution in [0.5, 0.6) is 0 Å². The number of benzene rings is 2. The lowest BCUT2D eigenvalue weighted by Crippen LogP contribution is -2.35. The average Bonchev–Trinajstić information content (AvgIpc) is 3.12. The monoisotopic (exact) mass is 403 g/mol. The molecule has 3 rings (SSSR count). The zero-order valence-electron chi connectivity index (χ0n) is 14.5. The molecular formula is C20H18ClNO4S. The van der Waals surface area contributed by atoms with Gasteiger partial charge in [-0.05, 0) is 48.4 Å². The van der Waals surface area contributed by atoms with E-state index in [1.54, 1.807) is 23.9 Å². The third kappa shape index (κ3) is 5.34. The number of thioether (sulfide) groups is 1. The Morgan fingerprint density at radius 1 is 1.07 bits per heavy atom. The van der Waals surface area contributed by atoms with Crippen molar-refractivity contribution in [3.8, 4) is 0 Å². The summed E-state index contributed by atoms with van der Waals surface area (Å²) < 4.78 is 5.03. The number of amides is 2. The summed E-state index contributed by atoms with van der Waals surface area (Å²) in [5.74, 6) is -0.501. The smallest absolute Gasteiger partial charge is 0.338 e. The van der Waals surface area contributed by atoms with Gasteiger partial charge in [0, 0.05) is 28.6 Å². The van der Waals surface area contributed by atoms with Crippen molar-refractivity contribution in [2.24, 2.45) is 0 Å².